The highest BCUT2D eigenvalue weighted by atomic mass is 35.5. The van der Waals surface area contributed by atoms with Crippen LogP contribution in [0.3, 0.4) is 0 Å². The number of H-pyrrole nitrogens is 2. The summed E-state index contributed by atoms with van der Waals surface area (Å²) in [4.78, 5) is 39.8. The number of halogens is 2. The smallest absolute Gasteiger partial charge is 0.349 e. The Morgan fingerprint density at radius 2 is 1.81 bits per heavy atom. The van der Waals surface area contributed by atoms with Crippen LogP contribution in [0.2, 0.25) is 10.0 Å². The summed E-state index contributed by atoms with van der Waals surface area (Å²) in [6.07, 6.45) is 1.09. The molecule has 0 aliphatic carbocycles. The fraction of sp³-hybridized carbons (Fsp3) is 0.278. The third kappa shape index (κ3) is 4.07. The molecule has 1 aliphatic heterocycles. The van der Waals surface area contributed by atoms with Gasteiger partial charge in [0.25, 0.3) is 11.1 Å². The molecule has 4 N–H and O–H groups in total. The summed E-state index contributed by atoms with van der Waals surface area (Å²) < 4.78 is 6.58. The molecule has 3 heterocycles. The van der Waals surface area contributed by atoms with Crippen molar-refractivity contribution in [1.82, 2.24) is 29.9 Å². The first-order chi connectivity index (χ1) is 14.7. The number of nitrogens with one attached hydrogen (secondary N) is 2. The summed E-state index contributed by atoms with van der Waals surface area (Å²) in [5.74, 6) is -0.227. The minimum absolute atomic E-state index is 0.0475. The Bertz CT molecular complexity index is 1310. The zero-order valence-electron chi connectivity index (χ0n) is 16.2. The molecular weight excluding hydrogens is 449 g/mol. The van der Waals surface area contributed by atoms with Gasteiger partial charge in [-0.05, 0) is 38.6 Å². The number of anilines is 1. The Labute approximate surface area is 184 Å². The van der Waals surface area contributed by atoms with Crippen molar-refractivity contribution in [3.63, 3.8) is 0 Å². The number of rotatable bonds is 5. The number of aromatic nitrogens is 5. The summed E-state index contributed by atoms with van der Waals surface area (Å²) in [6, 6.07) is 4.17. The summed E-state index contributed by atoms with van der Waals surface area (Å²) in [6.45, 7) is 3.77. The van der Waals surface area contributed by atoms with E-state index in [1.165, 1.54) is 18.2 Å². The van der Waals surface area contributed by atoms with Gasteiger partial charge in [-0.2, -0.15) is 4.68 Å². The Balaban J connectivity index is 1.67. The van der Waals surface area contributed by atoms with Crippen molar-refractivity contribution in [2.24, 2.45) is 0 Å². The molecule has 4 rings (SSSR count). The molecule has 1 atom stereocenters. The van der Waals surface area contributed by atoms with Gasteiger partial charge < -0.3 is 10.5 Å². The van der Waals surface area contributed by atoms with E-state index in [0.29, 0.717) is 5.56 Å². The van der Waals surface area contributed by atoms with Gasteiger partial charge in [0.2, 0.25) is 11.7 Å². The van der Waals surface area contributed by atoms with E-state index >= 15 is 0 Å². The first kappa shape index (κ1) is 21.1. The number of nitrogens with two attached hydrogens (primary N) is 1. The number of hydrogen-bond acceptors (Lipinski definition) is 8. The van der Waals surface area contributed by atoms with Crippen molar-refractivity contribution < 1.29 is 4.74 Å². The molecule has 1 aromatic carbocycles. The zero-order chi connectivity index (χ0) is 22.3. The minimum atomic E-state index is -0.813. The van der Waals surface area contributed by atoms with Crippen molar-refractivity contribution in [3.05, 3.63) is 65.0 Å². The summed E-state index contributed by atoms with van der Waals surface area (Å²) in [7, 11) is 0. The highest BCUT2D eigenvalue weighted by Crippen LogP contribution is 2.37. The fourth-order valence-electron chi connectivity index (χ4n) is 3.15. The lowest BCUT2D eigenvalue weighted by Gasteiger charge is -2.36. The van der Waals surface area contributed by atoms with Crippen LogP contribution in [0.25, 0.3) is 5.69 Å². The van der Waals surface area contributed by atoms with Crippen molar-refractivity contribution in [1.29, 1.82) is 0 Å². The van der Waals surface area contributed by atoms with Gasteiger partial charge in [0.1, 0.15) is 0 Å². The molecule has 162 valence electrons. The molecule has 0 amide bonds. The fourth-order valence-corrected chi connectivity index (χ4v) is 3.70. The quantitative estimate of drug-likeness (QED) is 0.511. The SMILES string of the molecule is CC(c1cc(Oc2c(Cl)cc(-n3nc(N)c(=O)[nH]c3=O)cc2Cl)n[nH]c1=O)N1CCC1. The molecule has 0 saturated carbocycles. The van der Waals surface area contributed by atoms with Crippen LogP contribution in [0.1, 0.15) is 24.9 Å². The third-order valence-electron chi connectivity index (χ3n) is 4.98. The molecule has 31 heavy (non-hydrogen) atoms. The molecule has 1 saturated heterocycles. The largest absolute Gasteiger partial charge is 0.434 e. The molecule has 1 aliphatic rings. The second-order valence-electron chi connectivity index (χ2n) is 6.95. The van der Waals surface area contributed by atoms with Crippen LogP contribution < -0.4 is 27.3 Å². The Morgan fingerprint density at radius 3 is 2.42 bits per heavy atom. The lowest BCUT2D eigenvalue weighted by atomic mass is 10.1. The van der Waals surface area contributed by atoms with E-state index in [0.717, 1.165) is 24.2 Å². The number of nitrogens with zero attached hydrogens (tertiary/aromatic N) is 4. The number of nitrogen functional groups attached to an aromatic ring is 1. The topological polar surface area (TPSA) is 152 Å². The first-order valence-electron chi connectivity index (χ1n) is 9.24. The number of hydrogen-bond donors (Lipinski definition) is 3. The second kappa shape index (κ2) is 8.17. The highest BCUT2D eigenvalue weighted by molar-refractivity contribution is 6.37. The van der Waals surface area contributed by atoms with Crippen molar-refractivity contribution >= 4 is 29.0 Å². The van der Waals surface area contributed by atoms with Gasteiger partial charge in [0.05, 0.1) is 15.7 Å². The summed E-state index contributed by atoms with van der Waals surface area (Å²) >= 11 is 12.6. The van der Waals surface area contributed by atoms with Gasteiger partial charge in [-0.25, -0.2) is 9.89 Å². The van der Waals surface area contributed by atoms with Gasteiger partial charge in [-0.3, -0.25) is 19.5 Å². The van der Waals surface area contributed by atoms with E-state index in [1.54, 1.807) is 0 Å². The monoisotopic (exact) mass is 465 g/mol. The Morgan fingerprint density at radius 1 is 1.13 bits per heavy atom. The van der Waals surface area contributed by atoms with Crippen LogP contribution in [0.4, 0.5) is 5.82 Å². The first-order valence-corrected chi connectivity index (χ1v) is 10.00. The van der Waals surface area contributed by atoms with Gasteiger partial charge in [-0.1, -0.05) is 23.2 Å². The van der Waals surface area contributed by atoms with Gasteiger partial charge >= 0.3 is 5.69 Å². The molecule has 1 unspecified atom stereocenters. The van der Waals surface area contributed by atoms with Gasteiger partial charge in [-0.15, -0.1) is 10.2 Å². The van der Waals surface area contributed by atoms with Gasteiger partial charge in [0, 0.05) is 17.7 Å². The molecule has 0 spiro atoms. The van der Waals surface area contributed by atoms with Gasteiger partial charge in [0.15, 0.2) is 5.75 Å². The van der Waals surface area contributed by atoms with Crippen LogP contribution in [0.15, 0.2) is 32.6 Å². The van der Waals surface area contributed by atoms with E-state index in [2.05, 4.69) is 20.2 Å². The molecular formula is C18H17Cl2N7O4. The van der Waals surface area contributed by atoms with Crippen LogP contribution in [0.5, 0.6) is 11.6 Å². The molecule has 0 bridgehead atoms. The molecule has 3 aromatic rings. The molecule has 1 fully saturated rings. The van der Waals surface area contributed by atoms with E-state index in [9.17, 15) is 14.4 Å². The Hall–Kier alpha value is -3.15. The maximum Gasteiger partial charge on any atom is 0.349 e. The average molecular weight is 466 g/mol. The van der Waals surface area contributed by atoms with Crippen LogP contribution in [0, 0.1) is 0 Å². The molecule has 0 radical (unpaired) electrons. The van der Waals surface area contributed by atoms with Crippen molar-refractivity contribution in [3.8, 4) is 17.3 Å². The van der Waals surface area contributed by atoms with E-state index in [1.807, 2.05) is 11.9 Å². The zero-order valence-corrected chi connectivity index (χ0v) is 17.7. The maximum absolute atomic E-state index is 12.2. The van der Waals surface area contributed by atoms with E-state index in [4.69, 9.17) is 33.7 Å². The number of likely N-dealkylation sites (tertiary alicyclic amines) is 1. The highest BCUT2D eigenvalue weighted by Gasteiger charge is 2.24. The molecule has 13 heteroatoms. The lowest BCUT2D eigenvalue weighted by molar-refractivity contribution is 0.127. The van der Waals surface area contributed by atoms with E-state index in [-0.39, 0.29) is 39.0 Å². The maximum atomic E-state index is 12.2. The number of aromatic amines is 2. The predicted octanol–water partition coefficient (Wildman–Crippen LogP) is 1.45. The minimum Gasteiger partial charge on any atom is -0.434 e. The van der Waals surface area contributed by atoms with Crippen LogP contribution in [-0.4, -0.2) is 43.0 Å². The van der Waals surface area contributed by atoms with Crippen LogP contribution in [-0.2, 0) is 0 Å². The standard InChI is InChI=1S/C18H17Cl2N7O4/c1-8(26-3-2-4-26)10-7-13(23-24-16(10)28)31-14-11(19)5-9(6-12(14)20)27-18(30)22-17(29)15(21)25-27/h5-8H,2-4H2,1H3,(H2,21,25)(H,24,28)(H,22,29,30). The second-order valence-corrected chi connectivity index (χ2v) is 7.77. The predicted molar refractivity (Wildman–Crippen MR) is 114 cm³/mol. The number of benzene rings is 1. The van der Waals surface area contributed by atoms with Crippen LogP contribution >= 0.6 is 23.2 Å². The average Bonchev–Trinajstić information content (AvgIpc) is 2.67. The summed E-state index contributed by atoms with van der Waals surface area (Å²) in [5.41, 5.74) is 4.23. The van der Waals surface area contributed by atoms with Crippen molar-refractivity contribution in [2.45, 2.75) is 19.4 Å². The lowest BCUT2D eigenvalue weighted by Crippen LogP contribution is -2.40. The molecule has 11 nitrogen and oxygen atoms in total. The molecule has 2 aromatic heterocycles. The number of ether oxygens (including phenoxy) is 1. The van der Waals surface area contributed by atoms with E-state index < -0.39 is 17.1 Å². The Kier molecular flexibility index (Phi) is 5.56. The normalized spacial score (nSPS) is 14.8. The summed E-state index contributed by atoms with van der Waals surface area (Å²) in [5, 5.41) is 10.1. The van der Waals surface area contributed by atoms with Crippen molar-refractivity contribution in [2.75, 3.05) is 18.8 Å². The third-order valence-corrected chi connectivity index (χ3v) is 5.55.